The molecule has 3 N–H and O–H groups in total. The maximum atomic E-state index is 12.1. The highest BCUT2D eigenvalue weighted by Gasteiger charge is 2.26. The second kappa shape index (κ2) is 5.37. The third-order valence-electron chi connectivity index (χ3n) is 3.51. The number of nitrogens with one attached hydrogen (secondary N) is 1. The normalized spacial score (nSPS) is 17.1. The number of carbonyl (C=O) groups excluding carboxylic acids is 1. The summed E-state index contributed by atoms with van der Waals surface area (Å²) in [5, 5.41) is 3.51. The lowest BCUT2D eigenvalue weighted by molar-refractivity contribution is 0.0909. The van der Waals surface area contributed by atoms with Crippen molar-refractivity contribution in [3.05, 3.63) is 27.7 Å². The zero-order valence-electron chi connectivity index (χ0n) is 10.2. The van der Waals surface area contributed by atoms with Gasteiger partial charge in [-0.1, -0.05) is 29.6 Å². The van der Waals surface area contributed by atoms with Gasteiger partial charge in [0.05, 0.1) is 15.6 Å². The molecular weight excluding hydrogens is 271 g/mol. The minimum Gasteiger partial charge on any atom is -0.399 e. The molecule has 2 rings (SSSR count). The van der Waals surface area contributed by atoms with Gasteiger partial charge in [0.1, 0.15) is 0 Å². The molecule has 1 fully saturated rings. The first kappa shape index (κ1) is 13.5. The first-order valence-electron chi connectivity index (χ1n) is 6.04. The first-order valence-corrected chi connectivity index (χ1v) is 6.80. The fourth-order valence-electron chi connectivity index (χ4n) is 2.12. The summed E-state index contributed by atoms with van der Waals surface area (Å²) in [5.41, 5.74) is 6.45. The highest BCUT2D eigenvalue weighted by atomic mass is 35.5. The lowest BCUT2D eigenvalue weighted by Crippen LogP contribution is -2.40. The van der Waals surface area contributed by atoms with Crippen LogP contribution in [0, 0.1) is 5.92 Å². The van der Waals surface area contributed by atoms with Gasteiger partial charge in [0, 0.05) is 11.7 Å². The zero-order chi connectivity index (χ0) is 13.3. The van der Waals surface area contributed by atoms with E-state index in [0.29, 0.717) is 22.2 Å². The number of rotatable bonds is 3. The highest BCUT2D eigenvalue weighted by molar-refractivity contribution is 6.44. The molecule has 1 unspecified atom stereocenters. The molecule has 1 atom stereocenters. The number of hydrogen-bond donors (Lipinski definition) is 2. The van der Waals surface area contributed by atoms with E-state index in [-0.39, 0.29) is 17.0 Å². The molecule has 5 heteroatoms. The molecule has 0 radical (unpaired) electrons. The van der Waals surface area contributed by atoms with E-state index in [1.165, 1.54) is 25.3 Å². The SMILES string of the molecule is CC(NC(=O)c1cc(N)cc(Cl)c1Cl)C1CCC1. The Kier molecular flexibility index (Phi) is 4.03. The molecule has 1 aromatic carbocycles. The molecule has 0 bridgehead atoms. The van der Waals surface area contributed by atoms with Gasteiger partial charge in [-0.3, -0.25) is 4.79 Å². The molecule has 1 aliphatic rings. The molecule has 0 heterocycles. The van der Waals surface area contributed by atoms with Crippen molar-refractivity contribution in [1.82, 2.24) is 5.32 Å². The van der Waals surface area contributed by atoms with Crippen LogP contribution in [0.3, 0.4) is 0 Å². The Labute approximate surface area is 117 Å². The molecular formula is C13H16Cl2N2O. The monoisotopic (exact) mass is 286 g/mol. The van der Waals surface area contributed by atoms with Crippen LogP contribution in [0.1, 0.15) is 36.5 Å². The number of carbonyl (C=O) groups is 1. The van der Waals surface area contributed by atoms with Crippen LogP contribution in [0.15, 0.2) is 12.1 Å². The number of amides is 1. The molecule has 0 aromatic heterocycles. The van der Waals surface area contributed by atoms with Crippen molar-refractivity contribution in [2.75, 3.05) is 5.73 Å². The van der Waals surface area contributed by atoms with Gasteiger partial charge in [-0.2, -0.15) is 0 Å². The van der Waals surface area contributed by atoms with E-state index >= 15 is 0 Å². The van der Waals surface area contributed by atoms with Crippen molar-refractivity contribution in [3.8, 4) is 0 Å². The zero-order valence-corrected chi connectivity index (χ0v) is 11.7. The Hall–Kier alpha value is -0.930. The van der Waals surface area contributed by atoms with Crippen molar-refractivity contribution < 1.29 is 4.79 Å². The molecule has 3 nitrogen and oxygen atoms in total. The summed E-state index contributed by atoms with van der Waals surface area (Å²) in [6, 6.07) is 3.25. The number of nitrogen functional groups attached to an aromatic ring is 1. The number of anilines is 1. The fourth-order valence-corrected chi connectivity index (χ4v) is 2.54. The second-order valence-electron chi connectivity index (χ2n) is 4.82. The van der Waals surface area contributed by atoms with Crippen LogP contribution in [0.5, 0.6) is 0 Å². The Balaban J connectivity index is 2.13. The minimum absolute atomic E-state index is 0.155. The van der Waals surface area contributed by atoms with Crippen LogP contribution >= 0.6 is 23.2 Å². The smallest absolute Gasteiger partial charge is 0.253 e. The van der Waals surface area contributed by atoms with E-state index in [9.17, 15) is 4.79 Å². The number of benzene rings is 1. The third kappa shape index (κ3) is 2.73. The topological polar surface area (TPSA) is 55.1 Å². The molecule has 1 amide bonds. The van der Waals surface area contributed by atoms with E-state index in [0.717, 1.165) is 0 Å². The second-order valence-corrected chi connectivity index (χ2v) is 5.60. The average Bonchev–Trinajstić information content (AvgIpc) is 2.20. The van der Waals surface area contributed by atoms with Gasteiger partial charge in [0.2, 0.25) is 0 Å². The van der Waals surface area contributed by atoms with Crippen molar-refractivity contribution in [1.29, 1.82) is 0 Å². The van der Waals surface area contributed by atoms with Crippen LogP contribution in [0.25, 0.3) is 0 Å². The fraction of sp³-hybridized carbons (Fsp3) is 0.462. The van der Waals surface area contributed by atoms with Gasteiger partial charge in [0.25, 0.3) is 5.91 Å². The van der Waals surface area contributed by atoms with E-state index in [2.05, 4.69) is 5.32 Å². The van der Waals surface area contributed by atoms with Crippen molar-refractivity contribution in [3.63, 3.8) is 0 Å². The van der Waals surface area contributed by atoms with Crippen molar-refractivity contribution >= 4 is 34.8 Å². The summed E-state index contributed by atoms with van der Waals surface area (Å²) in [6.45, 7) is 2.02. The Morgan fingerprint density at radius 2 is 2.11 bits per heavy atom. The third-order valence-corrected chi connectivity index (χ3v) is 4.31. The van der Waals surface area contributed by atoms with Crippen LogP contribution < -0.4 is 11.1 Å². The number of hydrogen-bond acceptors (Lipinski definition) is 2. The summed E-state index contributed by atoms with van der Waals surface area (Å²) < 4.78 is 0. The van der Waals surface area contributed by atoms with Crippen molar-refractivity contribution in [2.24, 2.45) is 5.92 Å². The lowest BCUT2D eigenvalue weighted by Gasteiger charge is -2.32. The van der Waals surface area contributed by atoms with E-state index < -0.39 is 0 Å². The van der Waals surface area contributed by atoms with Gasteiger partial charge >= 0.3 is 0 Å². The molecule has 1 aliphatic carbocycles. The highest BCUT2D eigenvalue weighted by Crippen LogP contribution is 2.31. The maximum Gasteiger partial charge on any atom is 0.253 e. The minimum atomic E-state index is -0.214. The van der Waals surface area contributed by atoms with Gasteiger partial charge in [-0.15, -0.1) is 0 Å². The Morgan fingerprint density at radius 3 is 2.67 bits per heavy atom. The first-order chi connectivity index (χ1) is 8.49. The average molecular weight is 287 g/mol. The van der Waals surface area contributed by atoms with Gasteiger partial charge in [-0.05, 0) is 37.8 Å². The summed E-state index contributed by atoms with van der Waals surface area (Å²) >= 11 is 11.9. The Bertz CT molecular complexity index is 472. The number of halogens is 2. The van der Waals surface area contributed by atoms with Crippen LogP contribution in [-0.4, -0.2) is 11.9 Å². The molecule has 0 aliphatic heterocycles. The van der Waals surface area contributed by atoms with Gasteiger partial charge < -0.3 is 11.1 Å². The quantitative estimate of drug-likeness (QED) is 0.836. The predicted octanol–water partition coefficient (Wildman–Crippen LogP) is 3.49. The van der Waals surface area contributed by atoms with Crippen LogP contribution in [0.4, 0.5) is 5.69 Å². The molecule has 0 saturated heterocycles. The predicted molar refractivity (Wildman–Crippen MR) is 75.1 cm³/mol. The summed E-state index contributed by atoms with van der Waals surface area (Å²) in [4.78, 5) is 12.1. The molecule has 98 valence electrons. The summed E-state index contributed by atoms with van der Waals surface area (Å²) in [6.07, 6.45) is 3.59. The largest absolute Gasteiger partial charge is 0.399 e. The molecule has 0 spiro atoms. The molecule has 1 aromatic rings. The number of nitrogens with two attached hydrogens (primary N) is 1. The van der Waals surface area contributed by atoms with E-state index in [4.69, 9.17) is 28.9 Å². The van der Waals surface area contributed by atoms with E-state index in [1.54, 1.807) is 6.07 Å². The Morgan fingerprint density at radius 1 is 1.44 bits per heavy atom. The van der Waals surface area contributed by atoms with Crippen LogP contribution in [0.2, 0.25) is 10.0 Å². The summed E-state index contributed by atoms with van der Waals surface area (Å²) in [5.74, 6) is 0.359. The molecule has 18 heavy (non-hydrogen) atoms. The molecule has 1 saturated carbocycles. The van der Waals surface area contributed by atoms with Crippen LogP contribution in [-0.2, 0) is 0 Å². The summed E-state index contributed by atoms with van der Waals surface area (Å²) in [7, 11) is 0. The van der Waals surface area contributed by atoms with E-state index in [1.807, 2.05) is 6.92 Å². The standard InChI is InChI=1S/C13H16Cl2N2O/c1-7(8-3-2-4-8)17-13(18)10-5-9(16)6-11(14)12(10)15/h5-8H,2-4,16H2,1H3,(H,17,18). The van der Waals surface area contributed by atoms with Gasteiger partial charge in [0.15, 0.2) is 0 Å². The lowest BCUT2D eigenvalue weighted by atomic mass is 9.80. The van der Waals surface area contributed by atoms with Gasteiger partial charge in [-0.25, -0.2) is 0 Å². The van der Waals surface area contributed by atoms with Crippen molar-refractivity contribution in [2.45, 2.75) is 32.2 Å². The maximum absolute atomic E-state index is 12.1.